The van der Waals surface area contributed by atoms with Crippen LogP contribution in [0, 0.1) is 6.92 Å². The summed E-state index contributed by atoms with van der Waals surface area (Å²) >= 11 is 0. The molecule has 0 bridgehead atoms. The first kappa shape index (κ1) is 13.8. The van der Waals surface area contributed by atoms with E-state index in [9.17, 15) is 0 Å². The van der Waals surface area contributed by atoms with E-state index in [0.29, 0.717) is 6.04 Å². The van der Waals surface area contributed by atoms with Gasteiger partial charge in [-0.15, -0.1) is 0 Å². The van der Waals surface area contributed by atoms with E-state index >= 15 is 0 Å². The van der Waals surface area contributed by atoms with Gasteiger partial charge in [0.1, 0.15) is 0 Å². The Kier molecular flexibility index (Phi) is 5.10. The van der Waals surface area contributed by atoms with Gasteiger partial charge in [0.05, 0.1) is 0 Å². The fourth-order valence-electron chi connectivity index (χ4n) is 2.24. The zero-order valence-corrected chi connectivity index (χ0v) is 11.8. The van der Waals surface area contributed by atoms with Gasteiger partial charge in [0.15, 0.2) is 0 Å². The van der Waals surface area contributed by atoms with Crippen molar-refractivity contribution in [3.63, 3.8) is 0 Å². The molecule has 0 aliphatic heterocycles. The summed E-state index contributed by atoms with van der Waals surface area (Å²) in [6.45, 7) is 5.35. The van der Waals surface area contributed by atoms with E-state index in [1.54, 1.807) is 0 Å². The molecule has 19 heavy (non-hydrogen) atoms. The normalized spacial score (nSPS) is 12.3. The van der Waals surface area contributed by atoms with Gasteiger partial charge in [-0.2, -0.15) is 0 Å². The van der Waals surface area contributed by atoms with Gasteiger partial charge >= 0.3 is 0 Å². The molecule has 0 saturated heterocycles. The number of hydrogen-bond donors (Lipinski definition) is 1. The van der Waals surface area contributed by atoms with E-state index in [4.69, 9.17) is 0 Å². The van der Waals surface area contributed by atoms with E-state index in [0.717, 1.165) is 19.4 Å². The average molecular weight is 254 g/mol. The fourth-order valence-corrected chi connectivity index (χ4v) is 2.24. The molecule has 0 aliphatic rings. The number of benzene rings is 1. The Balaban J connectivity index is 1.87. The van der Waals surface area contributed by atoms with Crippen molar-refractivity contribution in [2.45, 2.75) is 32.7 Å². The second kappa shape index (κ2) is 7.05. The summed E-state index contributed by atoms with van der Waals surface area (Å²) < 4.78 is 0. The van der Waals surface area contributed by atoms with Gasteiger partial charge in [-0.1, -0.05) is 36.8 Å². The molecule has 2 nitrogen and oxygen atoms in total. The summed E-state index contributed by atoms with van der Waals surface area (Å²) in [5.41, 5.74) is 4.03. The first-order valence-electron chi connectivity index (χ1n) is 6.98. The largest absolute Gasteiger partial charge is 0.310 e. The summed E-state index contributed by atoms with van der Waals surface area (Å²) in [6, 6.07) is 13.4. The number of nitrogens with one attached hydrogen (secondary N) is 1. The fraction of sp³-hybridized carbons (Fsp3) is 0.353. The lowest BCUT2D eigenvalue weighted by Crippen LogP contribution is -2.23. The van der Waals surface area contributed by atoms with Crippen LogP contribution >= 0.6 is 0 Å². The molecule has 1 aromatic heterocycles. The van der Waals surface area contributed by atoms with Crippen molar-refractivity contribution >= 4 is 0 Å². The maximum absolute atomic E-state index is 4.04. The molecule has 0 fully saturated rings. The van der Waals surface area contributed by atoms with Crippen molar-refractivity contribution in [2.24, 2.45) is 0 Å². The van der Waals surface area contributed by atoms with E-state index < -0.39 is 0 Å². The lowest BCUT2D eigenvalue weighted by Gasteiger charge is -2.17. The molecule has 2 heteroatoms. The Morgan fingerprint density at radius 3 is 2.37 bits per heavy atom. The zero-order valence-electron chi connectivity index (χ0n) is 11.8. The average Bonchev–Trinajstić information content (AvgIpc) is 2.46. The molecule has 0 saturated carbocycles. The minimum atomic E-state index is 0.447. The van der Waals surface area contributed by atoms with Crippen molar-refractivity contribution < 1.29 is 0 Å². The number of hydrogen-bond acceptors (Lipinski definition) is 2. The van der Waals surface area contributed by atoms with Crippen molar-refractivity contribution in [1.82, 2.24) is 10.3 Å². The molecule has 1 atom stereocenters. The molecule has 0 amide bonds. The van der Waals surface area contributed by atoms with Crippen LogP contribution in [0.15, 0.2) is 48.8 Å². The monoisotopic (exact) mass is 254 g/mol. The minimum Gasteiger partial charge on any atom is -0.310 e. The van der Waals surface area contributed by atoms with Crippen molar-refractivity contribution in [3.05, 3.63) is 65.5 Å². The molecule has 0 aliphatic carbocycles. The highest BCUT2D eigenvalue weighted by Crippen LogP contribution is 2.17. The third-order valence-electron chi connectivity index (χ3n) is 3.44. The molecule has 2 rings (SSSR count). The highest BCUT2D eigenvalue weighted by atomic mass is 14.9. The molecule has 100 valence electrons. The number of rotatable bonds is 6. The number of nitrogens with zero attached hydrogens (tertiary/aromatic N) is 1. The van der Waals surface area contributed by atoms with Crippen molar-refractivity contribution in [2.75, 3.05) is 6.54 Å². The number of aryl methyl sites for hydroxylation is 1. The van der Waals surface area contributed by atoms with Gasteiger partial charge in [-0.25, -0.2) is 0 Å². The molecule has 1 N–H and O–H groups in total. The third-order valence-corrected chi connectivity index (χ3v) is 3.44. The third kappa shape index (κ3) is 4.18. The van der Waals surface area contributed by atoms with Gasteiger partial charge in [0.2, 0.25) is 0 Å². The highest BCUT2D eigenvalue weighted by molar-refractivity contribution is 5.24. The first-order valence-corrected chi connectivity index (χ1v) is 6.98. The van der Waals surface area contributed by atoms with Gasteiger partial charge in [0, 0.05) is 18.4 Å². The Labute approximate surface area is 115 Å². The van der Waals surface area contributed by atoms with E-state index in [1.807, 2.05) is 12.4 Å². The highest BCUT2D eigenvalue weighted by Gasteiger charge is 2.07. The maximum Gasteiger partial charge on any atom is 0.0317 e. The summed E-state index contributed by atoms with van der Waals surface area (Å²) in [7, 11) is 0. The standard InChI is InChI=1S/C17H22N2/c1-3-17(16-6-4-14(2)5-7-16)19-13-10-15-8-11-18-12-9-15/h4-9,11-12,17,19H,3,10,13H2,1-2H3. The van der Waals surface area contributed by atoms with E-state index in [2.05, 4.69) is 60.5 Å². The van der Waals surface area contributed by atoms with Crippen LogP contribution < -0.4 is 5.32 Å². The van der Waals surface area contributed by atoms with Crippen LogP contribution in [-0.2, 0) is 6.42 Å². The van der Waals surface area contributed by atoms with E-state index in [1.165, 1.54) is 16.7 Å². The molecular formula is C17H22N2. The van der Waals surface area contributed by atoms with Gasteiger partial charge in [0.25, 0.3) is 0 Å². The molecular weight excluding hydrogens is 232 g/mol. The van der Waals surface area contributed by atoms with Crippen LogP contribution in [0.2, 0.25) is 0 Å². The Morgan fingerprint density at radius 1 is 1.05 bits per heavy atom. The number of aromatic nitrogens is 1. The summed E-state index contributed by atoms with van der Waals surface area (Å²) in [5.74, 6) is 0. The quantitative estimate of drug-likeness (QED) is 0.850. The first-order chi connectivity index (χ1) is 9.29. The molecule has 2 aromatic rings. The predicted molar refractivity (Wildman–Crippen MR) is 80.2 cm³/mol. The van der Waals surface area contributed by atoms with Crippen LogP contribution in [0.25, 0.3) is 0 Å². The summed E-state index contributed by atoms with van der Waals surface area (Å²) in [4.78, 5) is 4.04. The van der Waals surface area contributed by atoms with Crippen molar-refractivity contribution in [3.8, 4) is 0 Å². The van der Waals surface area contributed by atoms with Gasteiger partial charge in [-0.3, -0.25) is 4.98 Å². The minimum absolute atomic E-state index is 0.447. The lowest BCUT2D eigenvalue weighted by molar-refractivity contribution is 0.522. The van der Waals surface area contributed by atoms with Crippen LogP contribution in [-0.4, -0.2) is 11.5 Å². The predicted octanol–water partition coefficient (Wildman–Crippen LogP) is 3.67. The lowest BCUT2D eigenvalue weighted by atomic mass is 10.0. The number of pyridine rings is 1. The Morgan fingerprint density at radius 2 is 1.74 bits per heavy atom. The summed E-state index contributed by atoms with van der Waals surface area (Å²) in [5, 5.41) is 3.63. The van der Waals surface area contributed by atoms with Crippen LogP contribution in [0.3, 0.4) is 0 Å². The molecule has 1 heterocycles. The van der Waals surface area contributed by atoms with Crippen LogP contribution in [0.5, 0.6) is 0 Å². The maximum atomic E-state index is 4.04. The SMILES string of the molecule is CCC(NCCc1ccncc1)c1ccc(C)cc1. The molecule has 1 aromatic carbocycles. The van der Waals surface area contributed by atoms with Crippen LogP contribution in [0.1, 0.15) is 36.1 Å². The van der Waals surface area contributed by atoms with Gasteiger partial charge in [-0.05, 0) is 49.6 Å². The molecule has 1 unspecified atom stereocenters. The Hall–Kier alpha value is -1.67. The van der Waals surface area contributed by atoms with Crippen LogP contribution in [0.4, 0.5) is 0 Å². The second-order valence-electron chi connectivity index (χ2n) is 4.93. The van der Waals surface area contributed by atoms with Gasteiger partial charge < -0.3 is 5.32 Å². The molecule has 0 radical (unpaired) electrons. The smallest absolute Gasteiger partial charge is 0.0317 e. The van der Waals surface area contributed by atoms with Crippen molar-refractivity contribution in [1.29, 1.82) is 0 Å². The molecule has 0 spiro atoms. The topological polar surface area (TPSA) is 24.9 Å². The van der Waals surface area contributed by atoms with E-state index in [-0.39, 0.29) is 0 Å². The second-order valence-corrected chi connectivity index (χ2v) is 4.93. The zero-order chi connectivity index (χ0) is 13.5. The Bertz CT molecular complexity index is 476. The summed E-state index contributed by atoms with van der Waals surface area (Å²) in [6.07, 6.45) is 5.86.